The molecule has 0 saturated carbocycles. The predicted molar refractivity (Wildman–Crippen MR) is 89.2 cm³/mol. The Balaban J connectivity index is 2.18. The first kappa shape index (κ1) is 18.4. The highest BCUT2D eigenvalue weighted by Gasteiger charge is 2.16. The molecule has 0 aliphatic carbocycles. The minimum atomic E-state index is 0.206. The van der Waals surface area contributed by atoms with Crippen LogP contribution in [-0.4, -0.2) is 43.0 Å². The van der Waals surface area contributed by atoms with Gasteiger partial charge in [0.15, 0.2) is 0 Å². The largest absolute Gasteiger partial charge is 0.352 e. The molecule has 0 spiro atoms. The maximum absolute atomic E-state index is 12.0. The lowest BCUT2D eigenvalue weighted by atomic mass is 9.94. The second kappa shape index (κ2) is 11.0. The van der Waals surface area contributed by atoms with Gasteiger partial charge in [0.05, 0.1) is 0 Å². The van der Waals surface area contributed by atoms with Gasteiger partial charge < -0.3 is 16.0 Å². The maximum Gasteiger partial charge on any atom is 0.220 e. The number of carbonyl (C=O) groups excluding carboxylic acids is 1. The summed E-state index contributed by atoms with van der Waals surface area (Å²) in [6, 6.07) is 0.259. The van der Waals surface area contributed by atoms with Crippen molar-refractivity contribution in [2.45, 2.75) is 71.3 Å². The molecule has 1 aliphatic heterocycles. The number of rotatable bonds is 10. The zero-order valence-corrected chi connectivity index (χ0v) is 14.1. The summed E-state index contributed by atoms with van der Waals surface area (Å²) in [5.41, 5.74) is 5.64. The third-order valence-electron chi connectivity index (χ3n) is 4.44. The molecule has 2 atom stereocenters. The number of nitrogens with zero attached hydrogens (tertiary/aromatic N) is 1. The summed E-state index contributed by atoms with van der Waals surface area (Å²) >= 11 is 0. The van der Waals surface area contributed by atoms with Crippen LogP contribution >= 0.6 is 0 Å². The number of hydrogen-bond donors (Lipinski definition) is 2. The highest BCUT2D eigenvalue weighted by Crippen LogP contribution is 2.17. The Morgan fingerprint density at radius 3 is 2.52 bits per heavy atom. The fraction of sp³-hybridized carbons (Fsp3) is 0.941. The lowest BCUT2D eigenvalue weighted by Gasteiger charge is -2.29. The molecule has 2 unspecified atom stereocenters. The third-order valence-corrected chi connectivity index (χ3v) is 4.44. The molecule has 1 amide bonds. The first-order valence-electron chi connectivity index (χ1n) is 8.87. The molecule has 1 fully saturated rings. The molecule has 4 nitrogen and oxygen atoms in total. The van der Waals surface area contributed by atoms with Crippen LogP contribution in [0, 0.1) is 5.92 Å². The Morgan fingerprint density at radius 1 is 1.19 bits per heavy atom. The summed E-state index contributed by atoms with van der Waals surface area (Å²) in [7, 11) is 0. The Hall–Kier alpha value is -0.610. The van der Waals surface area contributed by atoms with Gasteiger partial charge in [0.2, 0.25) is 5.91 Å². The Morgan fingerprint density at radius 2 is 1.90 bits per heavy atom. The van der Waals surface area contributed by atoms with Crippen molar-refractivity contribution in [3.8, 4) is 0 Å². The van der Waals surface area contributed by atoms with Gasteiger partial charge in [0.25, 0.3) is 0 Å². The van der Waals surface area contributed by atoms with Crippen molar-refractivity contribution in [2.75, 3.05) is 26.2 Å². The number of nitrogens with two attached hydrogens (primary N) is 1. The van der Waals surface area contributed by atoms with Gasteiger partial charge in [-0.05, 0) is 58.2 Å². The van der Waals surface area contributed by atoms with Gasteiger partial charge in [-0.1, -0.05) is 26.2 Å². The number of hydrogen-bond acceptors (Lipinski definition) is 3. The molecular weight excluding hydrogens is 262 g/mol. The van der Waals surface area contributed by atoms with Gasteiger partial charge in [-0.15, -0.1) is 0 Å². The van der Waals surface area contributed by atoms with Crippen molar-refractivity contribution in [1.82, 2.24) is 10.2 Å². The fourth-order valence-electron chi connectivity index (χ4n) is 3.33. The Kier molecular flexibility index (Phi) is 9.68. The first-order chi connectivity index (χ1) is 10.2. The first-order valence-corrected chi connectivity index (χ1v) is 8.87. The minimum Gasteiger partial charge on any atom is -0.352 e. The second-order valence-electron chi connectivity index (χ2n) is 6.60. The zero-order valence-electron chi connectivity index (χ0n) is 14.1. The van der Waals surface area contributed by atoms with Crippen LogP contribution in [0.3, 0.4) is 0 Å². The van der Waals surface area contributed by atoms with Crippen molar-refractivity contribution < 1.29 is 4.79 Å². The van der Waals surface area contributed by atoms with Crippen LogP contribution in [0.15, 0.2) is 0 Å². The molecule has 21 heavy (non-hydrogen) atoms. The molecule has 0 radical (unpaired) electrons. The molecule has 0 bridgehead atoms. The molecule has 124 valence electrons. The SMILES string of the molecule is CCCC(CCN)CCC(=O)NC(C)CN1CCCCC1. The van der Waals surface area contributed by atoms with Crippen LogP contribution in [-0.2, 0) is 4.79 Å². The van der Waals surface area contributed by atoms with E-state index in [2.05, 4.69) is 24.1 Å². The average molecular weight is 297 g/mol. The van der Waals surface area contributed by atoms with Gasteiger partial charge in [-0.3, -0.25) is 4.79 Å². The highest BCUT2D eigenvalue weighted by molar-refractivity contribution is 5.76. The van der Waals surface area contributed by atoms with Gasteiger partial charge >= 0.3 is 0 Å². The van der Waals surface area contributed by atoms with E-state index >= 15 is 0 Å². The molecule has 3 N–H and O–H groups in total. The van der Waals surface area contributed by atoms with E-state index < -0.39 is 0 Å². The molecule has 1 heterocycles. The lowest BCUT2D eigenvalue weighted by Crippen LogP contribution is -2.43. The molecule has 0 aromatic carbocycles. The smallest absolute Gasteiger partial charge is 0.220 e. The van der Waals surface area contributed by atoms with Gasteiger partial charge in [0.1, 0.15) is 0 Å². The molecule has 0 aromatic heterocycles. The average Bonchev–Trinajstić information content (AvgIpc) is 2.46. The standard InChI is InChI=1S/C17H35N3O/c1-3-7-16(10-11-18)8-9-17(21)19-15(2)14-20-12-5-4-6-13-20/h15-16H,3-14,18H2,1-2H3,(H,19,21). The minimum absolute atomic E-state index is 0.206. The van der Waals surface area contributed by atoms with Crippen LogP contribution in [0.2, 0.25) is 0 Å². The molecule has 1 aliphatic rings. The van der Waals surface area contributed by atoms with Crippen LogP contribution in [0.5, 0.6) is 0 Å². The molecule has 0 aromatic rings. The summed E-state index contributed by atoms with van der Waals surface area (Å²) in [6.07, 6.45) is 9.01. The van der Waals surface area contributed by atoms with Crippen LogP contribution in [0.25, 0.3) is 0 Å². The van der Waals surface area contributed by atoms with Gasteiger partial charge in [-0.25, -0.2) is 0 Å². The Labute approximate surface area is 130 Å². The number of carbonyl (C=O) groups is 1. The monoisotopic (exact) mass is 297 g/mol. The van der Waals surface area contributed by atoms with Crippen molar-refractivity contribution in [2.24, 2.45) is 11.7 Å². The van der Waals surface area contributed by atoms with E-state index in [1.54, 1.807) is 0 Å². The van der Waals surface area contributed by atoms with E-state index in [1.165, 1.54) is 45.2 Å². The van der Waals surface area contributed by atoms with Crippen molar-refractivity contribution in [1.29, 1.82) is 0 Å². The number of nitrogens with one attached hydrogen (secondary N) is 1. The highest BCUT2D eigenvalue weighted by atomic mass is 16.1. The normalized spacial score (nSPS) is 19.2. The quantitative estimate of drug-likeness (QED) is 0.651. The maximum atomic E-state index is 12.0. The zero-order chi connectivity index (χ0) is 15.5. The van der Waals surface area contributed by atoms with E-state index in [1.807, 2.05) is 0 Å². The molecule has 4 heteroatoms. The van der Waals surface area contributed by atoms with Crippen molar-refractivity contribution in [3.05, 3.63) is 0 Å². The van der Waals surface area contributed by atoms with Crippen LogP contribution in [0.1, 0.15) is 65.2 Å². The molecule has 1 saturated heterocycles. The summed E-state index contributed by atoms with van der Waals surface area (Å²) < 4.78 is 0. The van der Waals surface area contributed by atoms with E-state index in [9.17, 15) is 4.79 Å². The van der Waals surface area contributed by atoms with Crippen LogP contribution in [0.4, 0.5) is 0 Å². The van der Waals surface area contributed by atoms with E-state index in [0.717, 1.165) is 25.9 Å². The lowest BCUT2D eigenvalue weighted by molar-refractivity contribution is -0.122. The van der Waals surface area contributed by atoms with E-state index in [0.29, 0.717) is 12.3 Å². The number of likely N-dealkylation sites (tertiary alicyclic amines) is 1. The van der Waals surface area contributed by atoms with Gasteiger partial charge in [-0.2, -0.15) is 0 Å². The van der Waals surface area contributed by atoms with Crippen molar-refractivity contribution >= 4 is 5.91 Å². The second-order valence-corrected chi connectivity index (χ2v) is 6.60. The Bertz CT molecular complexity index is 271. The van der Waals surface area contributed by atoms with Crippen LogP contribution < -0.4 is 11.1 Å². The topological polar surface area (TPSA) is 58.4 Å². The molecule has 1 rings (SSSR count). The van der Waals surface area contributed by atoms with Crippen molar-refractivity contribution in [3.63, 3.8) is 0 Å². The summed E-state index contributed by atoms with van der Waals surface area (Å²) in [5.74, 6) is 0.820. The van der Waals surface area contributed by atoms with E-state index in [4.69, 9.17) is 5.73 Å². The summed E-state index contributed by atoms with van der Waals surface area (Å²) in [4.78, 5) is 14.5. The number of amides is 1. The fourth-order valence-corrected chi connectivity index (χ4v) is 3.33. The number of piperidine rings is 1. The predicted octanol–water partition coefficient (Wildman–Crippen LogP) is 2.52. The molecular formula is C17H35N3O. The third kappa shape index (κ3) is 8.42. The van der Waals surface area contributed by atoms with Gasteiger partial charge in [0, 0.05) is 19.0 Å². The van der Waals surface area contributed by atoms with E-state index in [-0.39, 0.29) is 11.9 Å². The summed E-state index contributed by atoms with van der Waals surface area (Å²) in [5, 5.41) is 3.15. The summed E-state index contributed by atoms with van der Waals surface area (Å²) in [6.45, 7) is 8.43.